The summed E-state index contributed by atoms with van der Waals surface area (Å²) in [6, 6.07) is 14.8. The Bertz CT molecular complexity index is 973. The van der Waals surface area contributed by atoms with Gasteiger partial charge in [-0.25, -0.2) is 0 Å². The summed E-state index contributed by atoms with van der Waals surface area (Å²) in [4.78, 5) is 0. The molecule has 1 N–H and O–H groups in total. The second-order valence-electron chi connectivity index (χ2n) is 6.14. The topological polar surface area (TPSA) is 46.0 Å². The van der Waals surface area contributed by atoms with Gasteiger partial charge in [0.2, 0.25) is 4.77 Å². The number of halogens is 3. The second-order valence-corrected chi connectivity index (χ2v) is 6.52. The number of H-pyrrole nitrogens is 1. The molecule has 0 saturated carbocycles. The Morgan fingerprint density at radius 3 is 2.44 bits per heavy atom. The van der Waals surface area contributed by atoms with E-state index in [2.05, 4.69) is 22.2 Å². The molecule has 0 saturated heterocycles. The zero-order chi connectivity index (χ0) is 19.4. The van der Waals surface area contributed by atoms with Crippen molar-refractivity contribution in [3.8, 4) is 0 Å². The Morgan fingerprint density at radius 2 is 1.81 bits per heavy atom. The first kappa shape index (κ1) is 19.0. The Hall–Kier alpha value is -2.74. The summed E-state index contributed by atoms with van der Waals surface area (Å²) in [5, 5.41) is 11.2. The van der Waals surface area contributed by atoms with Crippen molar-refractivity contribution >= 4 is 18.4 Å². The fraction of sp³-hybridized carbons (Fsp3) is 0.211. The molecule has 1 atom stereocenters. The monoisotopic (exact) mass is 390 g/mol. The zero-order valence-electron chi connectivity index (χ0n) is 14.4. The van der Waals surface area contributed by atoms with E-state index in [0.717, 1.165) is 12.1 Å². The van der Waals surface area contributed by atoms with Crippen LogP contribution in [-0.4, -0.2) is 21.1 Å². The van der Waals surface area contributed by atoms with Crippen LogP contribution in [0.4, 0.5) is 13.2 Å². The van der Waals surface area contributed by atoms with Crippen LogP contribution in [0, 0.1) is 4.77 Å². The molecule has 0 aliphatic rings. The maximum atomic E-state index is 12.6. The summed E-state index contributed by atoms with van der Waals surface area (Å²) < 4.78 is 39.7. The number of nitrogens with zero attached hydrogens (tertiary/aromatic N) is 3. The number of hydrogen-bond donors (Lipinski definition) is 1. The number of aromatic amines is 1. The fourth-order valence-corrected chi connectivity index (χ4v) is 2.83. The molecular weight excluding hydrogens is 373 g/mol. The van der Waals surface area contributed by atoms with E-state index in [0.29, 0.717) is 22.6 Å². The number of benzene rings is 2. The largest absolute Gasteiger partial charge is 0.416 e. The number of aromatic nitrogens is 3. The third kappa shape index (κ3) is 4.71. The van der Waals surface area contributed by atoms with Gasteiger partial charge in [-0.3, -0.25) is 5.10 Å². The Kier molecular flexibility index (Phi) is 5.55. The molecule has 0 bridgehead atoms. The van der Waals surface area contributed by atoms with Gasteiger partial charge in [0.15, 0.2) is 5.82 Å². The molecule has 0 amide bonds. The van der Waals surface area contributed by atoms with Crippen molar-refractivity contribution in [2.75, 3.05) is 0 Å². The van der Waals surface area contributed by atoms with E-state index in [1.165, 1.54) is 28.6 Å². The third-order valence-corrected chi connectivity index (χ3v) is 4.40. The van der Waals surface area contributed by atoms with Crippen LogP contribution in [0.2, 0.25) is 0 Å². The van der Waals surface area contributed by atoms with Crippen molar-refractivity contribution in [1.29, 1.82) is 0 Å². The first-order valence-corrected chi connectivity index (χ1v) is 8.68. The molecule has 0 unspecified atom stereocenters. The van der Waals surface area contributed by atoms with E-state index in [1.807, 2.05) is 30.3 Å². The lowest BCUT2D eigenvalue weighted by Gasteiger charge is -2.10. The molecule has 27 heavy (non-hydrogen) atoms. The average Bonchev–Trinajstić information content (AvgIpc) is 3.00. The van der Waals surface area contributed by atoms with Crippen LogP contribution in [0.15, 0.2) is 59.7 Å². The van der Waals surface area contributed by atoms with E-state index in [9.17, 15) is 13.2 Å². The molecule has 0 aliphatic heterocycles. The standard InChI is InChI=1S/C19H17F3N4S/c1-13(15-5-3-2-4-6-15)11-17-24-25-18(27)26(17)23-12-14-7-9-16(10-8-14)19(20,21)22/h2-10,12-13H,11H2,1H3,(H,25,27)/b23-12-/t13-/m1/s1. The minimum absolute atomic E-state index is 0.205. The summed E-state index contributed by atoms with van der Waals surface area (Å²) in [5.41, 5.74) is 1.01. The van der Waals surface area contributed by atoms with Crippen LogP contribution in [0.3, 0.4) is 0 Å². The maximum absolute atomic E-state index is 12.6. The molecule has 3 rings (SSSR count). The van der Waals surface area contributed by atoms with Gasteiger partial charge in [-0.15, -0.1) is 0 Å². The van der Waals surface area contributed by atoms with Crippen molar-refractivity contribution in [3.05, 3.63) is 81.9 Å². The van der Waals surface area contributed by atoms with Gasteiger partial charge in [0.25, 0.3) is 0 Å². The van der Waals surface area contributed by atoms with E-state index in [1.54, 1.807) is 0 Å². The third-order valence-electron chi connectivity index (χ3n) is 4.14. The molecule has 1 aromatic heterocycles. The SMILES string of the molecule is C[C@H](Cc1n[nH]c(=S)n1/N=C\c1ccc(C(F)(F)F)cc1)c1ccccc1. The van der Waals surface area contributed by atoms with Gasteiger partial charge < -0.3 is 0 Å². The van der Waals surface area contributed by atoms with Gasteiger partial charge in [-0.2, -0.15) is 28.0 Å². The summed E-state index contributed by atoms with van der Waals surface area (Å²) in [7, 11) is 0. The summed E-state index contributed by atoms with van der Waals surface area (Å²) in [5.74, 6) is 0.857. The van der Waals surface area contributed by atoms with Crippen LogP contribution in [0.5, 0.6) is 0 Å². The van der Waals surface area contributed by atoms with E-state index >= 15 is 0 Å². The first-order valence-electron chi connectivity index (χ1n) is 8.27. The molecule has 8 heteroatoms. The number of nitrogens with one attached hydrogen (secondary N) is 1. The molecule has 1 heterocycles. The van der Waals surface area contributed by atoms with Crippen LogP contribution in [-0.2, 0) is 12.6 Å². The number of alkyl halides is 3. The summed E-state index contributed by atoms with van der Waals surface area (Å²) in [6.07, 6.45) is -2.28. The molecule has 3 aromatic rings. The van der Waals surface area contributed by atoms with E-state index < -0.39 is 11.7 Å². The average molecular weight is 390 g/mol. The van der Waals surface area contributed by atoms with Gasteiger partial charge >= 0.3 is 6.18 Å². The van der Waals surface area contributed by atoms with Crippen LogP contribution in [0.1, 0.15) is 35.4 Å². The Balaban J connectivity index is 1.79. The van der Waals surface area contributed by atoms with Gasteiger partial charge in [0.1, 0.15) is 0 Å². The molecule has 0 fully saturated rings. The van der Waals surface area contributed by atoms with Crippen molar-refractivity contribution in [2.45, 2.75) is 25.4 Å². The predicted molar refractivity (Wildman–Crippen MR) is 100 cm³/mol. The van der Waals surface area contributed by atoms with Crippen molar-refractivity contribution < 1.29 is 13.2 Å². The number of rotatable bonds is 5. The highest BCUT2D eigenvalue weighted by molar-refractivity contribution is 7.71. The summed E-state index contributed by atoms with van der Waals surface area (Å²) in [6.45, 7) is 2.08. The highest BCUT2D eigenvalue weighted by Crippen LogP contribution is 2.28. The highest BCUT2D eigenvalue weighted by atomic mass is 32.1. The molecule has 2 aromatic carbocycles. The second kappa shape index (κ2) is 7.87. The Morgan fingerprint density at radius 1 is 1.15 bits per heavy atom. The summed E-state index contributed by atoms with van der Waals surface area (Å²) >= 11 is 5.21. The molecular formula is C19H17F3N4S. The molecule has 0 aliphatic carbocycles. The van der Waals surface area contributed by atoms with E-state index in [-0.39, 0.29) is 5.92 Å². The maximum Gasteiger partial charge on any atom is 0.416 e. The lowest BCUT2D eigenvalue weighted by Crippen LogP contribution is -2.06. The zero-order valence-corrected chi connectivity index (χ0v) is 15.3. The first-order chi connectivity index (χ1) is 12.8. The molecule has 0 spiro atoms. The van der Waals surface area contributed by atoms with Crippen molar-refractivity contribution in [1.82, 2.24) is 14.9 Å². The van der Waals surface area contributed by atoms with Crippen LogP contribution < -0.4 is 0 Å². The molecule has 4 nitrogen and oxygen atoms in total. The fourth-order valence-electron chi connectivity index (χ4n) is 2.63. The van der Waals surface area contributed by atoms with Crippen molar-refractivity contribution in [3.63, 3.8) is 0 Å². The predicted octanol–water partition coefficient (Wildman–Crippen LogP) is 5.19. The molecule has 0 radical (unpaired) electrons. The van der Waals surface area contributed by atoms with Gasteiger partial charge in [0.05, 0.1) is 11.8 Å². The smallest absolute Gasteiger partial charge is 0.250 e. The minimum atomic E-state index is -4.36. The van der Waals surface area contributed by atoms with Crippen molar-refractivity contribution in [2.24, 2.45) is 5.10 Å². The normalized spacial score (nSPS) is 13.2. The van der Waals surface area contributed by atoms with Gasteiger partial charge in [-0.1, -0.05) is 49.4 Å². The van der Waals surface area contributed by atoms with Gasteiger partial charge in [0, 0.05) is 6.42 Å². The van der Waals surface area contributed by atoms with E-state index in [4.69, 9.17) is 12.2 Å². The quantitative estimate of drug-likeness (QED) is 0.481. The van der Waals surface area contributed by atoms with Gasteiger partial charge in [-0.05, 0) is 41.4 Å². The lowest BCUT2D eigenvalue weighted by atomic mass is 9.98. The number of hydrogen-bond acceptors (Lipinski definition) is 3. The lowest BCUT2D eigenvalue weighted by molar-refractivity contribution is -0.137. The minimum Gasteiger partial charge on any atom is -0.250 e. The van der Waals surface area contributed by atoms with Crippen LogP contribution >= 0.6 is 12.2 Å². The molecule has 140 valence electrons. The van der Waals surface area contributed by atoms with Crippen LogP contribution in [0.25, 0.3) is 0 Å². The highest BCUT2D eigenvalue weighted by Gasteiger charge is 2.29. The Labute approximate surface area is 159 Å².